The Balaban J connectivity index is 1.41. The fraction of sp³-hybridized carbons (Fsp3) is 0.400. The van der Waals surface area contributed by atoms with E-state index in [2.05, 4.69) is 21.3 Å². The first-order valence-electron chi connectivity index (χ1n) is 9.11. The van der Waals surface area contributed by atoms with Gasteiger partial charge < -0.3 is 15.1 Å². The molecule has 136 valence electrons. The van der Waals surface area contributed by atoms with Gasteiger partial charge in [-0.15, -0.1) is 0 Å². The number of halogens is 1. The van der Waals surface area contributed by atoms with Gasteiger partial charge in [0.05, 0.1) is 0 Å². The summed E-state index contributed by atoms with van der Waals surface area (Å²) in [5.41, 5.74) is 4.36. The van der Waals surface area contributed by atoms with E-state index in [1.54, 1.807) is 0 Å². The SMILES string of the molecule is Cc1cc(N2CCCN(C(=O)[C@H]3Cc4cc(Cl)ccc4N3)CC2)ccn1. The molecule has 2 aromatic rings. The van der Waals surface area contributed by atoms with Crippen LogP contribution in [0.4, 0.5) is 11.4 Å². The van der Waals surface area contributed by atoms with E-state index in [-0.39, 0.29) is 11.9 Å². The number of benzene rings is 1. The zero-order valence-corrected chi connectivity index (χ0v) is 15.7. The maximum atomic E-state index is 13.0. The van der Waals surface area contributed by atoms with Crippen molar-refractivity contribution < 1.29 is 4.79 Å². The first-order valence-corrected chi connectivity index (χ1v) is 9.49. The molecule has 3 heterocycles. The van der Waals surface area contributed by atoms with E-state index in [0.29, 0.717) is 6.42 Å². The van der Waals surface area contributed by atoms with Crippen molar-refractivity contribution in [3.63, 3.8) is 0 Å². The molecule has 1 fully saturated rings. The number of pyridine rings is 1. The summed E-state index contributed by atoms with van der Waals surface area (Å²) in [4.78, 5) is 21.6. The highest BCUT2D eigenvalue weighted by molar-refractivity contribution is 6.30. The third-order valence-electron chi connectivity index (χ3n) is 5.17. The standard InChI is InChI=1S/C20H23ClN4O/c1-14-11-17(5-6-22-14)24-7-2-8-25(10-9-24)20(26)19-13-15-12-16(21)3-4-18(15)23-19/h3-6,11-12,19,23H,2,7-10,13H2,1H3/t19-/m1/s1. The molecule has 1 atom stereocenters. The summed E-state index contributed by atoms with van der Waals surface area (Å²) in [6.45, 7) is 5.36. The Morgan fingerprint density at radius 1 is 1.19 bits per heavy atom. The molecule has 1 saturated heterocycles. The van der Waals surface area contributed by atoms with E-state index in [0.717, 1.165) is 54.6 Å². The number of carbonyl (C=O) groups excluding carboxylic acids is 1. The maximum absolute atomic E-state index is 13.0. The summed E-state index contributed by atoms with van der Waals surface area (Å²) < 4.78 is 0. The average Bonchev–Trinajstić information content (AvgIpc) is 2.89. The zero-order chi connectivity index (χ0) is 18.1. The quantitative estimate of drug-likeness (QED) is 0.882. The zero-order valence-electron chi connectivity index (χ0n) is 14.9. The molecule has 1 amide bonds. The Labute approximate surface area is 159 Å². The van der Waals surface area contributed by atoms with E-state index in [1.165, 1.54) is 5.69 Å². The van der Waals surface area contributed by atoms with Crippen molar-refractivity contribution in [3.8, 4) is 0 Å². The van der Waals surface area contributed by atoms with Gasteiger partial charge in [-0.3, -0.25) is 9.78 Å². The molecule has 6 heteroatoms. The smallest absolute Gasteiger partial charge is 0.245 e. The van der Waals surface area contributed by atoms with E-state index < -0.39 is 0 Å². The number of carbonyl (C=O) groups is 1. The number of aromatic nitrogens is 1. The van der Waals surface area contributed by atoms with Crippen molar-refractivity contribution in [2.45, 2.75) is 25.8 Å². The molecular formula is C20H23ClN4O. The van der Waals surface area contributed by atoms with Gasteiger partial charge >= 0.3 is 0 Å². The van der Waals surface area contributed by atoms with E-state index in [9.17, 15) is 4.79 Å². The first-order chi connectivity index (χ1) is 12.6. The lowest BCUT2D eigenvalue weighted by Crippen LogP contribution is -2.43. The number of aryl methyl sites for hydroxylation is 1. The number of nitrogens with one attached hydrogen (secondary N) is 1. The highest BCUT2D eigenvalue weighted by Crippen LogP contribution is 2.29. The van der Waals surface area contributed by atoms with Crippen molar-refractivity contribution in [3.05, 3.63) is 52.8 Å². The van der Waals surface area contributed by atoms with Gasteiger partial charge in [0.15, 0.2) is 0 Å². The molecule has 26 heavy (non-hydrogen) atoms. The van der Waals surface area contributed by atoms with Gasteiger partial charge in [0.2, 0.25) is 5.91 Å². The Morgan fingerprint density at radius 2 is 2.08 bits per heavy atom. The molecule has 0 bridgehead atoms. The van der Waals surface area contributed by atoms with Crippen LogP contribution in [0.1, 0.15) is 17.7 Å². The lowest BCUT2D eigenvalue weighted by atomic mass is 10.1. The van der Waals surface area contributed by atoms with Crippen molar-refractivity contribution in [2.75, 3.05) is 36.4 Å². The second-order valence-corrected chi connectivity index (χ2v) is 7.46. The number of anilines is 2. The lowest BCUT2D eigenvalue weighted by molar-refractivity contribution is -0.131. The number of rotatable bonds is 2. The predicted molar refractivity (Wildman–Crippen MR) is 105 cm³/mol. The monoisotopic (exact) mass is 370 g/mol. The van der Waals surface area contributed by atoms with E-state index >= 15 is 0 Å². The van der Waals surface area contributed by atoms with Crippen LogP contribution < -0.4 is 10.2 Å². The molecule has 1 aromatic heterocycles. The molecule has 0 saturated carbocycles. The third-order valence-corrected chi connectivity index (χ3v) is 5.41. The summed E-state index contributed by atoms with van der Waals surface area (Å²) >= 11 is 6.07. The van der Waals surface area contributed by atoms with Crippen LogP contribution >= 0.6 is 11.6 Å². The molecule has 0 spiro atoms. The van der Waals surface area contributed by atoms with E-state index in [4.69, 9.17) is 11.6 Å². The summed E-state index contributed by atoms with van der Waals surface area (Å²) in [5, 5.41) is 4.08. The molecule has 4 rings (SSSR count). The molecule has 0 unspecified atom stereocenters. The first kappa shape index (κ1) is 17.2. The summed E-state index contributed by atoms with van der Waals surface area (Å²) in [5.74, 6) is 0.185. The maximum Gasteiger partial charge on any atom is 0.245 e. The van der Waals surface area contributed by atoms with Crippen LogP contribution in [0.25, 0.3) is 0 Å². The van der Waals surface area contributed by atoms with Gasteiger partial charge in [0, 0.05) is 60.9 Å². The van der Waals surface area contributed by atoms with Gasteiger partial charge in [-0.1, -0.05) is 11.6 Å². The molecule has 0 radical (unpaired) electrons. The molecular weight excluding hydrogens is 348 g/mol. The largest absolute Gasteiger partial charge is 0.373 e. The van der Waals surface area contributed by atoms with Crippen molar-refractivity contribution in [1.29, 1.82) is 0 Å². The predicted octanol–water partition coefficient (Wildman–Crippen LogP) is 3.12. The summed E-state index contributed by atoms with van der Waals surface area (Å²) in [6.07, 6.45) is 3.53. The minimum absolute atomic E-state index is 0.182. The molecule has 2 aliphatic rings. The van der Waals surface area contributed by atoms with E-state index in [1.807, 2.05) is 42.3 Å². The summed E-state index contributed by atoms with van der Waals surface area (Å²) in [6, 6.07) is 9.74. The van der Waals surface area contributed by atoms with Crippen LogP contribution in [0.3, 0.4) is 0 Å². The third kappa shape index (κ3) is 3.49. The highest BCUT2D eigenvalue weighted by atomic mass is 35.5. The summed E-state index contributed by atoms with van der Waals surface area (Å²) in [7, 11) is 0. The number of nitrogens with zero attached hydrogens (tertiary/aromatic N) is 3. The van der Waals surface area contributed by atoms with Crippen molar-refractivity contribution >= 4 is 28.9 Å². The van der Waals surface area contributed by atoms with Crippen LogP contribution in [0.2, 0.25) is 5.02 Å². The number of hydrogen-bond donors (Lipinski definition) is 1. The van der Waals surface area contributed by atoms with Crippen LogP contribution in [-0.4, -0.2) is 48.0 Å². The normalized spacial score (nSPS) is 19.7. The van der Waals surface area contributed by atoms with Gasteiger partial charge in [-0.05, 0) is 49.2 Å². The van der Waals surface area contributed by atoms with Crippen LogP contribution in [0, 0.1) is 6.92 Å². The Kier molecular flexibility index (Phi) is 4.72. The minimum Gasteiger partial charge on any atom is -0.373 e. The topological polar surface area (TPSA) is 48.5 Å². The molecule has 1 N–H and O–H groups in total. The minimum atomic E-state index is -0.182. The van der Waals surface area contributed by atoms with Gasteiger partial charge in [-0.25, -0.2) is 0 Å². The van der Waals surface area contributed by atoms with Crippen LogP contribution in [-0.2, 0) is 11.2 Å². The molecule has 2 aliphatic heterocycles. The molecule has 1 aromatic carbocycles. The van der Waals surface area contributed by atoms with Gasteiger partial charge in [0.25, 0.3) is 0 Å². The van der Waals surface area contributed by atoms with Crippen molar-refractivity contribution in [1.82, 2.24) is 9.88 Å². The fourth-order valence-corrected chi connectivity index (χ4v) is 4.02. The molecule has 5 nitrogen and oxygen atoms in total. The van der Waals surface area contributed by atoms with Crippen LogP contribution in [0.5, 0.6) is 0 Å². The number of amides is 1. The Bertz CT molecular complexity index is 825. The number of fused-ring (bicyclic) bond motifs is 1. The second kappa shape index (κ2) is 7.16. The number of hydrogen-bond acceptors (Lipinski definition) is 4. The van der Waals surface area contributed by atoms with Gasteiger partial charge in [0.1, 0.15) is 6.04 Å². The Morgan fingerprint density at radius 3 is 2.92 bits per heavy atom. The highest BCUT2D eigenvalue weighted by Gasteiger charge is 2.31. The van der Waals surface area contributed by atoms with Gasteiger partial charge in [-0.2, -0.15) is 0 Å². The average molecular weight is 371 g/mol. The molecule has 0 aliphatic carbocycles. The fourth-order valence-electron chi connectivity index (χ4n) is 3.82. The lowest BCUT2D eigenvalue weighted by Gasteiger charge is -2.25. The second-order valence-electron chi connectivity index (χ2n) is 7.02. The van der Waals surface area contributed by atoms with Crippen molar-refractivity contribution in [2.24, 2.45) is 0 Å². The van der Waals surface area contributed by atoms with Crippen LogP contribution in [0.15, 0.2) is 36.5 Å². The Hall–Kier alpha value is -2.27.